The molecule has 158 valence electrons. The summed E-state index contributed by atoms with van der Waals surface area (Å²) in [6.45, 7) is 1.41. The topological polar surface area (TPSA) is 95.2 Å². The van der Waals surface area contributed by atoms with E-state index in [1.807, 2.05) is 0 Å². The zero-order valence-corrected chi connectivity index (χ0v) is 16.6. The highest BCUT2D eigenvalue weighted by Crippen LogP contribution is 2.41. The van der Waals surface area contributed by atoms with E-state index in [-0.39, 0.29) is 21.5 Å². The minimum absolute atomic E-state index is 0.0243. The summed E-state index contributed by atoms with van der Waals surface area (Å²) in [5.41, 5.74) is -1.95. The van der Waals surface area contributed by atoms with Crippen LogP contribution < -0.4 is 9.47 Å². The van der Waals surface area contributed by atoms with Crippen LogP contribution in [0.4, 0.5) is 13.2 Å². The Labute approximate surface area is 172 Å². The van der Waals surface area contributed by atoms with E-state index < -0.39 is 35.4 Å². The number of hydrogen-bond acceptors (Lipinski definition) is 7. The fourth-order valence-electron chi connectivity index (χ4n) is 2.22. The van der Waals surface area contributed by atoms with Crippen LogP contribution in [0, 0.1) is 0 Å². The quantitative estimate of drug-likeness (QED) is 0.302. The maximum absolute atomic E-state index is 13.2. The number of carbonyl (C=O) groups excluding carboxylic acids is 1. The number of hydrogen-bond donors (Lipinski definition) is 1. The lowest BCUT2D eigenvalue weighted by Crippen LogP contribution is -2.25. The first-order valence-corrected chi connectivity index (χ1v) is 8.48. The normalized spacial score (nSPS) is 12.8. The van der Waals surface area contributed by atoms with Gasteiger partial charge in [-0.2, -0.15) is 18.3 Å². The van der Waals surface area contributed by atoms with Crippen molar-refractivity contribution in [3.63, 3.8) is 0 Å². The zero-order chi connectivity index (χ0) is 21.9. The highest BCUT2D eigenvalue weighted by molar-refractivity contribution is 6.36. The van der Waals surface area contributed by atoms with Gasteiger partial charge in [-0.05, 0) is 13.0 Å². The number of aromatic nitrogens is 2. The third-order valence-electron chi connectivity index (χ3n) is 3.51. The maximum atomic E-state index is 13.2. The van der Waals surface area contributed by atoms with Crippen molar-refractivity contribution in [2.45, 2.75) is 19.2 Å². The van der Waals surface area contributed by atoms with Crippen LogP contribution in [0.15, 0.2) is 17.3 Å². The van der Waals surface area contributed by atoms with Crippen LogP contribution in [-0.2, 0) is 22.8 Å². The fourth-order valence-corrected chi connectivity index (χ4v) is 2.68. The van der Waals surface area contributed by atoms with Gasteiger partial charge in [0.25, 0.3) is 0 Å². The van der Waals surface area contributed by atoms with E-state index >= 15 is 0 Å². The highest BCUT2D eigenvalue weighted by Gasteiger charge is 2.39. The van der Waals surface area contributed by atoms with Crippen LogP contribution in [0.5, 0.6) is 17.4 Å². The lowest BCUT2D eigenvalue weighted by atomic mass is 10.2. The average molecular weight is 456 g/mol. The van der Waals surface area contributed by atoms with E-state index in [2.05, 4.69) is 15.0 Å². The molecule has 0 unspecified atom stereocenters. The molecule has 1 heterocycles. The maximum Gasteiger partial charge on any atom is 0.435 e. The molecule has 13 heteroatoms. The van der Waals surface area contributed by atoms with Gasteiger partial charge in [-0.25, -0.2) is 9.48 Å². The Kier molecular flexibility index (Phi) is 6.85. The molecule has 2 rings (SSSR count). The Balaban J connectivity index is 2.48. The molecule has 1 aromatic heterocycles. The van der Waals surface area contributed by atoms with Gasteiger partial charge in [0, 0.05) is 13.1 Å². The molecule has 1 aromatic carbocycles. The summed E-state index contributed by atoms with van der Waals surface area (Å²) in [5, 5.41) is 14.7. The Morgan fingerprint density at radius 1 is 1.31 bits per heavy atom. The van der Waals surface area contributed by atoms with Crippen molar-refractivity contribution in [3.8, 4) is 17.4 Å². The summed E-state index contributed by atoms with van der Waals surface area (Å²) in [6.07, 6.45) is -5.33. The summed E-state index contributed by atoms with van der Waals surface area (Å²) in [7, 11) is 2.37. The van der Waals surface area contributed by atoms with Gasteiger partial charge in [0.2, 0.25) is 5.88 Å². The molecule has 1 N–H and O–H groups in total. The van der Waals surface area contributed by atoms with E-state index in [1.54, 1.807) is 0 Å². The number of methoxy groups -OCH3 is 1. The van der Waals surface area contributed by atoms with Crippen LogP contribution in [0.1, 0.15) is 18.2 Å². The first-order chi connectivity index (χ1) is 13.5. The summed E-state index contributed by atoms with van der Waals surface area (Å²) < 4.78 is 55.7. The molecular formula is C16H14Cl2F3N3O5. The molecule has 0 radical (unpaired) electrons. The molecule has 0 aliphatic rings. The van der Waals surface area contributed by atoms with Gasteiger partial charge in [-0.3, -0.25) is 0 Å². The smallest absolute Gasteiger partial charge is 0.435 e. The van der Waals surface area contributed by atoms with Crippen molar-refractivity contribution < 1.29 is 37.4 Å². The number of esters is 1. The van der Waals surface area contributed by atoms with Crippen LogP contribution in [0.2, 0.25) is 10.0 Å². The summed E-state index contributed by atoms with van der Waals surface area (Å²) in [6, 6.07) is 2.41. The van der Waals surface area contributed by atoms with Crippen molar-refractivity contribution in [2.75, 3.05) is 7.11 Å². The van der Waals surface area contributed by atoms with Crippen molar-refractivity contribution in [2.24, 2.45) is 12.2 Å². The minimum atomic E-state index is -4.83. The lowest BCUT2D eigenvalue weighted by molar-refractivity contribution is -0.148. The third-order valence-corrected chi connectivity index (χ3v) is 4.11. The molecule has 0 aliphatic heterocycles. The second-order valence-corrected chi connectivity index (χ2v) is 6.35. The predicted octanol–water partition coefficient (Wildman–Crippen LogP) is 4.29. The number of ether oxygens (including phenoxy) is 3. The van der Waals surface area contributed by atoms with E-state index in [1.165, 1.54) is 33.2 Å². The molecule has 1 atom stereocenters. The van der Waals surface area contributed by atoms with Crippen molar-refractivity contribution in [3.05, 3.63) is 33.4 Å². The largest absolute Gasteiger partial charge is 0.477 e. The van der Waals surface area contributed by atoms with Gasteiger partial charge in [-0.15, -0.1) is 0 Å². The van der Waals surface area contributed by atoms with Gasteiger partial charge in [0.05, 0.1) is 28.9 Å². The Bertz CT molecular complexity index is 947. The van der Waals surface area contributed by atoms with Gasteiger partial charge in [-0.1, -0.05) is 28.4 Å². The first kappa shape index (κ1) is 22.6. The molecule has 0 saturated heterocycles. The number of rotatable bonds is 6. The average Bonchev–Trinajstić information content (AvgIpc) is 2.94. The van der Waals surface area contributed by atoms with Crippen LogP contribution in [0.25, 0.3) is 0 Å². The number of carbonyl (C=O) groups is 1. The number of benzene rings is 1. The van der Waals surface area contributed by atoms with Gasteiger partial charge in [0.1, 0.15) is 5.75 Å². The number of halogens is 5. The Hall–Kier alpha value is -2.66. The summed E-state index contributed by atoms with van der Waals surface area (Å²) in [4.78, 5) is 11.5. The third kappa shape index (κ3) is 5.04. The molecule has 0 amide bonds. The zero-order valence-electron chi connectivity index (χ0n) is 15.1. The lowest BCUT2D eigenvalue weighted by Gasteiger charge is -2.16. The monoisotopic (exact) mass is 455 g/mol. The molecule has 8 nitrogen and oxygen atoms in total. The number of aryl methyl sites for hydroxylation is 1. The molecule has 29 heavy (non-hydrogen) atoms. The first-order valence-electron chi connectivity index (χ1n) is 7.72. The van der Waals surface area contributed by atoms with Gasteiger partial charge in [0.15, 0.2) is 17.5 Å². The second kappa shape index (κ2) is 8.78. The Morgan fingerprint density at radius 2 is 1.93 bits per heavy atom. The van der Waals surface area contributed by atoms with E-state index in [0.29, 0.717) is 6.21 Å². The number of oxime groups is 1. The molecule has 0 fully saturated rings. The summed E-state index contributed by atoms with van der Waals surface area (Å²) >= 11 is 12.1. The van der Waals surface area contributed by atoms with Crippen molar-refractivity contribution in [1.82, 2.24) is 9.78 Å². The van der Waals surface area contributed by atoms with Gasteiger partial charge >= 0.3 is 12.1 Å². The Morgan fingerprint density at radius 3 is 2.48 bits per heavy atom. The molecule has 0 saturated carbocycles. The SMILES string of the molecule is COC(=O)[C@H](C)Oc1cc(Oc2c(C=NO)c(C(F)(F)F)nn2C)c(Cl)cc1Cl. The van der Waals surface area contributed by atoms with E-state index in [4.69, 9.17) is 37.9 Å². The second-order valence-electron chi connectivity index (χ2n) is 5.53. The van der Waals surface area contributed by atoms with E-state index in [9.17, 15) is 18.0 Å². The number of alkyl halides is 3. The fraction of sp³-hybridized carbons (Fsp3) is 0.312. The molecule has 0 aliphatic carbocycles. The van der Waals surface area contributed by atoms with Crippen LogP contribution >= 0.6 is 23.2 Å². The number of nitrogens with zero attached hydrogens (tertiary/aromatic N) is 3. The standard InChI is InChI=1S/C16H14Cl2F3N3O5/c1-7(15(25)27-3)28-11-5-12(10(18)4-9(11)17)29-14-8(6-22-26)13(16(19,20)21)23-24(14)2/h4-7,26H,1-3H3/t7-/m0/s1. The molecular weight excluding hydrogens is 442 g/mol. The molecule has 2 aromatic rings. The predicted molar refractivity (Wildman–Crippen MR) is 96.2 cm³/mol. The molecule has 0 spiro atoms. The minimum Gasteiger partial charge on any atom is -0.477 e. The van der Waals surface area contributed by atoms with Gasteiger partial charge < -0.3 is 19.4 Å². The highest BCUT2D eigenvalue weighted by atomic mass is 35.5. The molecule has 0 bridgehead atoms. The van der Waals surface area contributed by atoms with E-state index in [0.717, 1.165) is 4.68 Å². The van der Waals surface area contributed by atoms with Crippen LogP contribution in [0.3, 0.4) is 0 Å². The van der Waals surface area contributed by atoms with Crippen LogP contribution in [-0.4, -0.2) is 40.4 Å². The van der Waals surface area contributed by atoms with Crippen molar-refractivity contribution in [1.29, 1.82) is 0 Å². The van der Waals surface area contributed by atoms with Crippen molar-refractivity contribution >= 4 is 35.4 Å². The summed E-state index contributed by atoms with van der Waals surface area (Å²) in [5.74, 6) is -1.26.